The molecule has 0 aromatic heterocycles. The first-order chi connectivity index (χ1) is 9.01. The summed E-state index contributed by atoms with van der Waals surface area (Å²) in [7, 11) is -2.75. The van der Waals surface area contributed by atoms with Gasteiger partial charge in [-0.15, -0.1) is 0 Å². The minimum absolute atomic E-state index is 0.0908. The van der Waals surface area contributed by atoms with Crippen LogP contribution in [-0.2, 0) is 9.84 Å². The van der Waals surface area contributed by atoms with Gasteiger partial charge in [-0.1, -0.05) is 0 Å². The van der Waals surface area contributed by atoms with Crippen molar-refractivity contribution in [1.29, 1.82) is 0 Å². The first-order valence-electron chi connectivity index (χ1n) is 7.15. The van der Waals surface area contributed by atoms with Gasteiger partial charge in [0.05, 0.1) is 24.7 Å². The van der Waals surface area contributed by atoms with E-state index in [0.717, 1.165) is 32.5 Å². The Morgan fingerprint density at radius 2 is 1.79 bits per heavy atom. The summed E-state index contributed by atoms with van der Waals surface area (Å²) < 4.78 is 22.8. The molecule has 3 atom stereocenters. The number of rotatable bonds is 5. The number of nitrogens with zero attached hydrogens (tertiary/aromatic N) is 1. The Bertz CT molecular complexity index is 432. The summed E-state index contributed by atoms with van der Waals surface area (Å²) in [4.78, 5) is 2.36. The standard InChI is InChI=1S/C13H23NO4S/c15-8-13(9-16)11-5-14(6-12(11)13)3-1-10-2-4-19(17,18)7-10/h10-12,15-16H,1-9H2. The van der Waals surface area contributed by atoms with Gasteiger partial charge in [0.25, 0.3) is 0 Å². The van der Waals surface area contributed by atoms with Gasteiger partial charge in [-0.3, -0.25) is 0 Å². The van der Waals surface area contributed by atoms with Crippen molar-refractivity contribution in [3.63, 3.8) is 0 Å². The van der Waals surface area contributed by atoms with E-state index in [2.05, 4.69) is 4.90 Å². The molecule has 0 radical (unpaired) electrons. The fraction of sp³-hybridized carbons (Fsp3) is 1.00. The third-order valence-electron chi connectivity index (χ3n) is 5.53. The molecule has 0 amide bonds. The van der Waals surface area contributed by atoms with E-state index in [-0.39, 0.29) is 18.6 Å². The van der Waals surface area contributed by atoms with Crippen LogP contribution >= 0.6 is 0 Å². The van der Waals surface area contributed by atoms with Gasteiger partial charge in [-0.25, -0.2) is 8.42 Å². The number of hydrogen-bond acceptors (Lipinski definition) is 5. The zero-order chi connectivity index (χ0) is 13.7. The van der Waals surface area contributed by atoms with Gasteiger partial charge in [0.15, 0.2) is 9.84 Å². The zero-order valence-corrected chi connectivity index (χ0v) is 12.0. The number of fused-ring (bicyclic) bond motifs is 1. The molecule has 3 fully saturated rings. The summed E-state index contributed by atoms with van der Waals surface area (Å²) >= 11 is 0. The van der Waals surface area contributed by atoms with Crippen LogP contribution in [0.4, 0.5) is 0 Å². The molecule has 5 nitrogen and oxygen atoms in total. The van der Waals surface area contributed by atoms with E-state index >= 15 is 0 Å². The van der Waals surface area contributed by atoms with E-state index in [4.69, 9.17) is 0 Å². The molecule has 2 aliphatic heterocycles. The second-order valence-corrected chi connectivity index (χ2v) is 8.81. The summed E-state index contributed by atoms with van der Waals surface area (Å²) in [6.45, 7) is 3.04. The van der Waals surface area contributed by atoms with Gasteiger partial charge in [0.1, 0.15) is 0 Å². The van der Waals surface area contributed by atoms with Gasteiger partial charge in [-0.2, -0.15) is 0 Å². The highest BCUT2D eigenvalue weighted by Gasteiger charge is 2.67. The van der Waals surface area contributed by atoms with Gasteiger partial charge in [0.2, 0.25) is 0 Å². The summed E-state index contributed by atoms with van der Waals surface area (Å²) in [5.41, 5.74) is -0.215. The fourth-order valence-corrected chi connectivity index (χ4v) is 6.00. The van der Waals surface area contributed by atoms with E-state index in [9.17, 15) is 18.6 Å². The molecule has 1 saturated carbocycles. The molecular weight excluding hydrogens is 266 g/mol. The normalized spacial score (nSPS) is 39.4. The van der Waals surface area contributed by atoms with Gasteiger partial charge < -0.3 is 15.1 Å². The predicted octanol–water partition coefficient (Wildman–Crippen LogP) is -0.656. The first-order valence-corrected chi connectivity index (χ1v) is 8.97. The molecule has 0 bridgehead atoms. The van der Waals surface area contributed by atoms with Gasteiger partial charge in [0, 0.05) is 18.5 Å². The van der Waals surface area contributed by atoms with Gasteiger partial charge in [-0.05, 0) is 37.1 Å². The van der Waals surface area contributed by atoms with E-state index < -0.39 is 9.84 Å². The number of likely N-dealkylation sites (tertiary alicyclic amines) is 1. The molecule has 2 N–H and O–H groups in total. The maximum absolute atomic E-state index is 11.4. The van der Waals surface area contributed by atoms with Gasteiger partial charge >= 0.3 is 0 Å². The van der Waals surface area contributed by atoms with Crippen molar-refractivity contribution in [3.05, 3.63) is 0 Å². The van der Waals surface area contributed by atoms with Crippen molar-refractivity contribution in [2.75, 3.05) is 44.4 Å². The lowest BCUT2D eigenvalue weighted by Gasteiger charge is -2.24. The Morgan fingerprint density at radius 1 is 1.16 bits per heavy atom. The van der Waals surface area contributed by atoms with E-state index in [1.165, 1.54) is 0 Å². The van der Waals surface area contributed by atoms with Crippen molar-refractivity contribution in [2.45, 2.75) is 12.8 Å². The minimum Gasteiger partial charge on any atom is -0.396 e. The molecule has 6 heteroatoms. The molecule has 19 heavy (non-hydrogen) atoms. The maximum Gasteiger partial charge on any atom is 0.150 e. The summed E-state index contributed by atoms with van der Waals surface area (Å²) in [5.74, 6) is 1.94. The molecule has 110 valence electrons. The van der Waals surface area contributed by atoms with Crippen LogP contribution in [0.1, 0.15) is 12.8 Å². The molecule has 2 heterocycles. The molecule has 3 rings (SSSR count). The summed E-state index contributed by atoms with van der Waals surface area (Å²) in [6.07, 6.45) is 1.78. The smallest absolute Gasteiger partial charge is 0.150 e. The Kier molecular flexibility index (Phi) is 3.40. The highest BCUT2D eigenvalue weighted by molar-refractivity contribution is 7.91. The van der Waals surface area contributed by atoms with Crippen LogP contribution in [0.15, 0.2) is 0 Å². The van der Waals surface area contributed by atoms with Crippen LogP contribution in [0.5, 0.6) is 0 Å². The summed E-state index contributed by atoms with van der Waals surface area (Å²) in [6, 6.07) is 0. The average molecular weight is 289 g/mol. The summed E-state index contributed by atoms with van der Waals surface area (Å²) in [5, 5.41) is 18.7. The Morgan fingerprint density at radius 3 is 2.26 bits per heavy atom. The van der Waals surface area contributed by atoms with Crippen molar-refractivity contribution in [3.8, 4) is 0 Å². The number of piperidine rings is 1. The number of aliphatic hydroxyl groups is 2. The lowest BCUT2D eigenvalue weighted by molar-refractivity contribution is 0.0872. The van der Waals surface area contributed by atoms with Crippen LogP contribution < -0.4 is 0 Å². The molecular formula is C13H23NO4S. The lowest BCUT2D eigenvalue weighted by Crippen LogP contribution is -2.33. The highest BCUT2D eigenvalue weighted by atomic mass is 32.2. The minimum atomic E-state index is -2.75. The molecule has 3 aliphatic rings. The Hall–Kier alpha value is -0.170. The molecule has 3 unspecified atom stereocenters. The lowest BCUT2D eigenvalue weighted by atomic mass is 10.0. The monoisotopic (exact) mass is 289 g/mol. The maximum atomic E-state index is 11.4. The molecule has 0 spiro atoms. The molecule has 0 aromatic carbocycles. The second kappa shape index (κ2) is 4.69. The van der Waals surface area contributed by atoms with Crippen LogP contribution in [0.2, 0.25) is 0 Å². The molecule has 0 aromatic rings. The Balaban J connectivity index is 1.43. The largest absolute Gasteiger partial charge is 0.396 e. The van der Waals surface area contributed by atoms with Crippen LogP contribution in [-0.4, -0.2) is 67.9 Å². The van der Waals surface area contributed by atoms with Crippen molar-refractivity contribution in [1.82, 2.24) is 4.90 Å². The van der Waals surface area contributed by atoms with E-state index in [1.807, 2.05) is 0 Å². The molecule has 1 aliphatic carbocycles. The van der Waals surface area contributed by atoms with E-state index in [0.29, 0.717) is 29.3 Å². The van der Waals surface area contributed by atoms with Crippen molar-refractivity contribution >= 4 is 9.84 Å². The van der Waals surface area contributed by atoms with E-state index in [1.54, 1.807) is 0 Å². The van der Waals surface area contributed by atoms with Crippen molar-refractivity contribution < 1.29 is 18.6 Å². The predicted molar refractivity (Wildman–Crippen MR) is 71.4 cm³/mol. The zero-order valence-electron chi connectivity index (χ0n) is 11.2. The first kappa shape index (κ1) is 13.8. The SMILES string of the molecule is O=S1(=O)CCC(CCN2CC3C(C2)C3(CO)CO)C1. The topological polar surface area (TPSA) is 77.8 Å². The average Bonchev–Trinajstić information content (AvgIpc) is 2.70. The quantitative estimate of drug-likeness (QED) is 0.703. The number of hydrogen-bond donors (Lipinski definition) is 2. The third kappa shape index (κ3) is 2.33. The van der Waals surface area contributed by atoms with Crippen LogP contribution in [0.3, 0.4) is 0 Å². The van der Waals surface area contributed by atoms with Crippen LogP contribution in [0.25, 0.3) is 0 Å². The second-order valence-electron chi connectivity index (χ2n) is 6.58. The van der Waals surface area contributed by atoms with Crippen molar-refractivity contribution in [2.24, 2.45) is 23.2 Å². The third-order valence-corrected chi connectivity index (χ3v) is 7.37. The number of aliphatic hydroxyl groups excluding tert-OH is 2. The Labute approximate surface area is 114 Å². The number of sulfone groups is 1. The fourth-order valence-electron chi connectivity index (χ4n) is 4.09. The van der Waals surface area contributed by atoms with Crippen LogP contribution in [0, 0.1) is 23.2 Å². The molecule has 2 saturated heterocycles. The highest BCUT2D eigenvalue weighted by Crippen LogP contribution is 2.61.